The zero-order valence-corrected chi connectivity index (χ0v) is 6.64. The lowest BCUT2D eigenvalue weighted by Gasteiger charge is -1.98. The summed E-state index contributed by atoms with van der Waals surface area (Å²) in [5.74, 6) is 0. The molecule has 0 saturated heterocycles. The van der Waals surface area contributed by atoms with E-state index in [4.69, 9.17) is 17.3 Å². The van der Waals surface area contributed by atoms with E-state index in [0.29, 0.717) is 17.1 Å². The van der Waals surface area contributed by atoms with Crippen molar-refractivity contribution in [2.24, 2.45) is 5.73 Å². The number of rotatable bonds is 2. The van der Waals surface area contributed by atoms with Gasteiger partial charge >= 0.3 is 0 Å². The number of hydrogen-bond donors (Lipinski definition) is 1. The number of benzene rings is 1. The van der Waals surface area contributed by atoms with Gasteiger partial charge in [-0.3, -0.25) is 4.79 Å². The lowest BCUT2D eigenvalue weighted by atomic mass is 10.1. The molecule has 0 amide bonds. The highest BCUT2D eigenvalue weighted by atomic mass is 35.5. The summed E-state index contributed by atoms with van der Waals surface area (Å²) < 4.78 is 0. The average Bonchev–Trinajstić information content (AvgIpc) is 2.04. The first kappa shape index (κ1) is 8.24. The second kappa shape index (κ2) is 3.51. The molecule has 0 unspecified atom stereocenters. The molecule has 0 spiro atoms. The van der Waals surface area contributed by atoms with Gasteiger partial charge in [0.25, 0.3) is 0 Å². The monoisotopic (exact) mass is 169 g/mol. The number of nitrogens with two attached hydrogens (primary N) is 1. The number of carbonyl (C=O) groups is 1. The van der Waals surface area contributed by atoms with E-state index >= 15 is 0 Å². The van der Waals surface area contributed by atoms with Crippen molar-refractivity contribution >= 4 is 17.9 Å². The largest absolute Gasteiger partial charge is 0.326 e. The van der Waals surface area contributed by atoms with Crippen molar-refractivity contribution in [3.05, 3.63) is 34.3 Å². The predicted molar refractivity (Wildman–Crippen MR) is 44.7 cm³/mol. The molecule has 2 N–H and O–H groups in total. The standard InChI is InChI=1S/C8H8ClNO/c9-8-3-6(4-10)1-2-7(8)5-11/h1-3,5H,4,10H2. The second-order valence-corrected chi connectivity index (χ2v) is 2.59. The maximum Gasteiger partial charge on any atom is 0.151 e. The Labute approximate surface area is 70.0 Å². The Morgan fingerprint density at radius 1 is 1.55 bits per heavy atom. The van der Waals surface area contributed by atoms with E-state index < -0.39 is 0 Å². The number of carbonyl (C=O) groups excluding carboxylic acids is 1. The maximum absolute atomic E-state index is 10.3. The molecule has 58 valence electrons. The van der Waals surface area contributed by atoms with E-state index in [-0.39, 0.29) is 0 Å². The minimum absolute atomic E-state index is 0.443. The van der Waals surface area contributed by atoms with Gasteiger partial charge in [0.2, 0.25) is 0 Å². The third-order valence-corrected chi connectivity index (χ3v) is 1.75. The summed E-state index contributed by atoms with van der Waals surface area (Å²) in [6.07, 6.45) is 0.725. The molecule has 1 aromatic carbocycles. The lowest BCUT2D eigenvalue weighted by molar-refractivity contribution is 0.112. The molecule has 0 aliphatic rings. The summed E-state index contributed by atoms with van der Waals surface area (Å²) in [6.45, 7) is 0.443. The van der Waals surface area contributed by atoms with Crippen molar-refractivity contribution in [2.75, 3.05) is 0 Å². The van der Waals surface area contributed by atoms with Crippen LogP contribution in [-0.2, 0) is 6.54 Å². The third-order valence-electron chi connectivity index (χ3n) is 1.43. The van der Waals surface area contributed by atoms with Crippen molar-refractivity contribution in [3.63, 3.8) is 0 Å². The van der Waals surface area contributed by atoms with E-state index in [1.807, 2.05) is 0 Å². The summed E-state index contributed by atoms with van der Waals surface area (Å²) in [7, 11) is 0. The van der Waals surface area contributed by atoms with Crippen LogP contribution in [0.1, 0.15) is 15.9 Å². The molecule has 2 nitrogen and oxygen atoms in total. The molecule has 1 rings (SSSR count). The molecule has 11 heavy (non-hydrogen) atoms. The highest BCUT2D eigenvalue weighted by molar-refractivity contribution is 6.33. The van der Waals surface area contributed by atoms with Crippen molar-refractivity contribution in [3.8, 4) is 0 Å². The van der Waals surface area contributed by atoms with Crippen molar-refractivity contribution in [1.29, 1.82) is 0 Å². The van der Waals surface area contributed by atoms with E-state index in [2.05, 4.69) is 0 Å². The van der Waals surface area contributed by atoms with Gasteiger partial charge in [-0.15, -0.1) is 0 Å². The van der Waals surface area contributed by atoms with Crippen LogP contribution in [0.15, 0.2) is 18.2 Å². The fourth-order valence-electron chi connectivity index (χ4n) is 0.793. The first-order chi connectivity index (χ1) is 5.27. The Balaban J connectivity index is 3.09. The number of hydrogen-bond acceptors (Lipinski definition) is 2. The summed E-state index contributed by atoms with van der Waals surface area (Å²) in [5, 5.41) is 0.461. The summed E-state index contributed by atoms with van der Waals surface area (Å²) >= 11 is 5.72. The molecular weight excluding hydrogens is 162 g/mol. The van der Waals surface area contributed by atoms with E-state index in [0.717, 1.165) is 11.8 Å². The van der Waals surface area contributed by atoms with Crippen molar-refractivity contribution in [2.45, 2.75) is 6.54 Å². The van der Waals surface area contributed by atoms with Gasteiger partial charge in [-0.1, -0.05) is 17.7 Å². The van der Waals surface area contributed by atoms with Crippen LogP contribution in [-0.4, -0.2) is 6.29 Å². The molecule has 0 heterocycles. The van der Waals surface area contributed by atoms with Gasteiger partial charge < -0.3 is 5.73 Å². The van der Waals surface area contributed by atoms with Gasteiger partial charge in [0.15, 0.2) is 6.29 Å². The molecule has 0 aliphatic carbocycles. The Kier molecular flexibility index (Phi) is 2.63. The van der Waals surface area contributed by atoms with Crippen LogP contribution < -0.4 is 5.73 Å². The fraction of sp³-hybridized carbons (Fsp3) is 0.125. The van der Waals surface area contributed by atoms with Gasteiger partial charge in [0, 0.05) is 12.1 Å². The molecule has 1 aromatic rings. The Morgan fingerprint density at radius 3 is 2.73 bits per heavy atom. The lowest BCUT2D eigenvalue weighted by Crippen LogP contribution is -1.96. The number of aldehydes is 1. The van der Waals surface area contributed by atoms with Gasteiger partial charge in [-0.25, -0.2) is 0 Å². The van der Waals surface area contributed by atoms with Crippen LogP contribution in [0.25, 0.3) is 0 Å². The average molecular weight is 170 g/mol. The van der Waals surface area contributed by atoms with Crippen LogP contribution in [0, 0.1) is 0 Å². The summed E-state index contributed by atoms with van der Waals surface area (Å²) in [5.41, 5.74) is 6.80. The van der Waals surface area contributed by atoms with E-state index in [1.54, 1.807) is 18.2 Å². The fourth-order valence-corrected chi connectivity index (χ4v) is 1.04. The van der Waals surface area contributed by atoms with Crippen LogP contribution in [0.3, 0.4) is 0 Å². The van der Waals surface area contributed by atoms with E-state index in [9.17, 15) is 4.79 Å². The maximum atomic E-state index is 10.3. The Bertz CT molecular complexity index is 273. The topological polar surface area (TPSA) is 43.1 Å². The van der Waals surface area contributed by atoms with Gasteiger partial charge in [0.1, 0.15) is 0 Å². The van der Waals surface area contributed by atoms with Crippen LogP contribution in [0.5, 0.6) is 0 Å². The Morgan fingerprint density at radius 2 is 2.27 bits per heavy atom. The van der Waals surface area contributed by atoms with Crippen LogP contribution in [0.4, 0.5) is 0 Å². The second-order valence-electron chi connectivity index (χ2n) is 2.18. The summed E-state index contributed by atoms with van der Waals surface area (Å²) in [4.78, 5) is 10.3. The summed E-state index contributed by atoms with van der Waals surface area (Å²) in [6, 6.07) is 5.15. The number of halogens is 1. The zero-order chi connectivity index (χ0) is 8.27. The molecule has 0 atom stereocenters. The van der Waals surface area contributed by atoms with Gasteiger partial charge in [0.05, 0.1) is 5.02 Å². The smallest absolute Gasteiger partial charge is 0.151 e. The highest BCUT2D eigenvalue weighted by Gasteiger charge is 1.98. The van der Waals surface area contributed by atoms with Crippen molar-refractivity contribution < 1.29 is 4.79 Å². The zero-order valence-electron chi connectivity index (χ0n) is 5.88. The first-order valence-electron chi connectivity index (χ1n) is 3.21. The highest BCUT2D eigenvalue weighted by Crippen LogP contribution is 2.15. The predicted octanol–water partition coefficient (Wildman–Crippen LogP) is 1.61. The first-order valence-corrected chi connectivity index (χ1v) is 3.59. The van der Waals surface area contributed by atoms with Gasteiger partial charge in [-0.05, 0) is 17.7 Å². The van der Waals surface area contributed by atoms with Crippen LogP contribution in [0.2, 0.25) is 5.02 Å². The molecule has 0 aliphatic heterocycles. The molecule has 0 aromatic heterocycles. The Hall–Kier alpha value is -0.860. The molecular formula is C8H8ClNO. The SMILES string of the molecule is NCc1ccc(C=O)c(Cl)c1. The molecule has 0 radical (unpaired) electrons. The van der Waals surface area contributed by atoms with Crippen LogP contribution >= 0.6 is 11.6 Å². The minimum Gasteiger partial charge on any atom is -0.326 e. The van der Waals surface area contributed by atoms with Gasteiger partial charge in [-0.2, -0.15) is 0 Å². The third kappa shape index (κ3) is 1.79. The van der Waals surface area contributed by atoms with E-state index in [1.165, 1.54) is 0 Å². The molecule has 3 heteroatoms. The molecule has 0 saturated carbocycles. The minimum atomic E-state index is 0.443. The normalized spacial score (nSPS) is 9.64. The quantitative estimate of drug-likeness (QED) is 0.684. The molecule has 0 fully saturated rings. The van der Waals surface area contributed by atoms with Crippen molar-refractivity contribution in [1.82, 2.24) is 0 Å². The molecule has 0 bridgehead atoms.